The average molecular weight is 264 g/mol. The first-order valence-corrected chi connectivity index (χ1v) is 6.29. The minimum Gasteiger partial charge on any atom is -0.495 e. The molecular weight excluding hydrogens is 244 g/mol. The zero-order chi connectivity index (χ0) is 14.0. The molecule has 0 spiro atoms. The van der Waals surface area contributed by atoms with Crippen molar-refractivity contribution in [3.05, 3.63) is 23.8 Å². The quantitative estimate of drug-likeness (QED) is 0.823. The van der Waals surface area contributed by atoms with Crippen LogP contribution in [0, 0.1) is 0 Å². The van der Waals surface area contributed by atoms with Gasteiger partial charge in [-0.1, -0.05) is 0 Å². The predicted molar refractivity (Wildman–Crippen MR) is 73.3 cm³/mol. The summed E-state index contributed by atoms with van der Waals surface area (Å²) in [5, 5.41) is 0. The van der Waals surface area contributed by atoms with E-state index < -0.39 is 0 Å². The van der Waals surface area contributed by atoms with Crippen LogP contribution in [0.15, 0.2) is 18.2 Å². The first kappa shape index (κ1) is 13.7. The molecule has 2 N–H and O–H groups in total. The molecule has 1 amide bonds. The largest absolute Gasteiger partial charge is 0.495 e. The molecule has 1 saturated heterocycles. The van der Waals surface area contributed by atoms with Crippen LogP contribution in [0.5, 0.6) is 5.75 Å². The number of nitrogens with two attached hydrogens (primary N) is 1. The molecule has 2 rings (SSSR count). The smallest absolute Gasteiger partial charge is 0.254 e. The normalized spacial score (nSPS) is 18.2. The molecule has 1 fully saturated rings. The number of hydrogen-bond donors (Lipinski definition) is 1. The second-order valence-corrected chi connectivity index (χ2v) is 5.28. The lowest BCUT2D eigenvalue weighted by Crippen LogP contribution is -2.55. The van der Waals surface area contributed by atoms with E-state index in [4.69, 9.17) is 15.2 Å². The van der Waals surface area contributed by atoms with Crippen molar-refractivity contribution in [1.82, 2.24) is 4.90 Å². The van der Waals surface area contributed by atoms with Gasteiger partial charge in [-0.2, -0.15) is 0 Å². The number of benzene rings is 1. The van der Waals surface area contributed by atoms with Gasteiger partial charge in [0.25, 0.3) is 5.91 Å². The SMILES string of the molecule is COc1ccc(C(=O)N2CCOCC2(C)C)cc1N. The van der Waals surface area contributed by atoms with Gasteiger partial charge in [0.1, 0.15) is 5.75 Å². The molecule has 0 bridgehead atoms. The van der Waals surface area contributed by atoms with E-state index in [0.717, 1.165) is 0 Å². The van der Waals surface area contributed by atoms with E-state index in [0.29, 0.717) is 36.8 Å². The number of amides is 1. The molecule has 104 valence electrons. The molecule has 1 aliphatic rings. The lowest BCUT2D eigenvalue weighted by molar-refractivity contribution is -0.0370. The van der Waals surface area contributed by atoms with Gasteiger partial charge in [-0.3, -0.25) is 4.79 Å². The highest BCUT2D eigenvalue weighted by atomic mass is 16.5. The highest BCUT2D eigenvalue weighted by Gasteiger charge is 2.34. The molecule has 0 unspecified atom stereocenters. The van der Waals surface area contributed by atoms with Crippen molar-refractivity contribution in [2.45, 2.75) is 19.4 Å². The summed E-state index contributed by atoms with van der Waals surface area (Å²) in [5.41, 5.74) is 6.59. The molecule has 0 atom stereocenters. The molecule has 5 heteroatoms. The summed E-state index contributed by atoms with van der Waals surface area (Å²) >= 11 is 0. The van der Waals surface area contributed by atoms with E-state index in [1.165, 1.54) is 0 Å². The minimum absolute atomic E-state index is 0.0253. The monoisotopic (exact) mass is 264 g/mol. The number of morpholine rings is 1. The number of nitrogen functional groups attached to an aromatic ring is 1. The van der Waals surface area contributed by atoms with E-state index in [-0.39, 0.29) is 11.4 Å². The fourth-order valence-electron chi connectivity index (χ4n) is 2.26. The van der Waals surface area contributed by atoms with Crippen molar-refractivity contribution in [2.24, 2.45) is 0 Å². The standard InChI is InChI=1S/C14H20N2O3/c1-14(2)9-19-7-6-16(14)13(17)10-4-5-12(18-3)11(15)8-10/h4-5,8H,6-7,9,15H2,1-3H3. The fourth-order valence-corrected chi connectivity index (χ4v) is 2.26. The molecule has 19 heavy (non-hydrogen) atoms. The molecule has 1 aromatic carbocycles. The molecule has 0 aromatic heterocycles. The lowest BCUT2D eigenvalue weighted by atomic mass is 10.0. The zero-order valence-electron chi connectivity index (χ0n) is 11.6. The Morgan fingerprint density at radius 1 is 1.47 bits per heavy atom. The van der Waals surface area contributed by atoms with Crippen LogP contribution in [0.2, 0.25) is 0 Å². The van der Waals surface area contributed by atoms with E-state index >= 15 is 0 Å². The maximum Gasteiger partial charge on any atom is 0.254 e. The van der Waals surface area contributed by atoms with Crippen molar-refractivity contribution < 1.29 is 14.3 Å². The summed E-state index contributed by atoms with van der Waals surface area (Å²) in [4.78, 5) is 14.4. The molecule has 0 saturated carbocycles. The van der Waals surface area contributed by atoms with Crippen LogP contribution < -0.4 is 10.5 Å². The number of anilines is 1. The van der Waals surface area contributed by atoms with Crippen molar-refractivity contribution >= 4 is 11.6 Å². The second kappa shape index (κ2) is 5.09. The molecule has 0 aliphatic carbocycles. The van der Waals surface area contributed by atoms with E-state index in [2.05, 4.69) is 0 Å². The molecule has 1 aliphatic heterocycles. The van der Waals surface area contributed by atoms with Crippen LogP contribution in [0.25, 0.3) is 0 Å². The van der Waals surface area contributed by atoms with Gasteiger partial charge < -0.3 is 20.1 Å². The van der Waals surface area contributed by atoms with E-state index in [1.54, 1.807) is 25.3 Å². The fraction of sp³-hybridized carbons (Fsp3) is 0.500. The highest BCUT2D eigenvalue weighted by molar-refractivity contribution is 5.96. The van der Waals surface area contributed by atoms with Gasteiger partial charge in [-0.05, 0) is 32.0 Å². The minimum atomic E-state index is -0.302. The summed E-state index contributed by atoms with van der Waals surface area (Å²) in [5.74, 6) is 0.556. The molecular formula is C14H20N2O3. The number of hydrogen-bond acceptors (Lipinski definition) is 4. The Labute approximate surface area is 113 Å². The first-order chi connectivity index (χ1) is 8.95. The molecule has 1 aromatic rings. The van der Waals surface area contributed by atoms with Crippen LogP contribution in [-0.4, -0.2) is 43.2 Å². The summed E-state index contributed by atoms with van der Waals surface area (Å²) in [6.07, 6.45) is 0. The van der Waals surface area contributed by atoms with Gasteiger partial charge in [0.2, 0.25) is 0 Å². The third-order valence-electron chi connectivity index (χ3n) is 3.37. The number of rotatable bonds is 2. The van der Waals surface area contributed by atoms with Crippen LogP contribution in [-0.2, 0) is 4.74 Å². The van der Waals surface area contributed by atoms with Gasteiger partial charge in [-0.25, -0.2) is 0 Å². The van der Waals surface area contributed by atoms with Crippen LogP contribution in [0.4, 0.5) is 5.69 Å². The second-order valence-electron chi connectivity index (χ2n) is 5.28. The number of ether oxygens (including phenoxy) is 2. The molecule has 0 radical (unpaired) electrons. The summed E-state index contributed by atoms with van der Waals surface area (Å²) in [7, 11) is 1.55. The van der Waals surface area contributed by atoms with E-state index in [1.807, 2.05) is 18.7 Å². The van der Waals surface area contributed by atoms with Gasteiger partial charge in [0.15, 0.2) is 0 Å². The van der Waals surface area contributed by atoms with Crippen molar-refractivity contribution in [2.75, 3.05) is 32.6 Å². The van der Waals surface area contributed by atoms with Crippen molar-refractivity contribution in [3.8, 4) is 5.75 Å². The number of carbonyl (C=O) groups excluding carboxylic acids is 1. The first-order valence-electron chi connectivity index (χ1n) is 6.29. The van der Waals surface area contributed by atoms with Crippen molar-refractivity contribution in [1.29, 1.82) is 0 Å². The number of carbonyl (C=O) groups is 1. The third-order valence-corrected chi connectivity index (χ3v) is 3.37. The maximum atomic E-state index is 12.5. The lowest BCUT2D eigenvalue weighted by Gasteiger charge is -2.42. The summed E-state index contributed by atoms with van der Waals surface area (Å²) in [6, 6.07) is 5.12. The predicted octanol–water partition coefficient (Wildman–Crippen LogP) is 1.53. The van der Waals surface area contributed by atoms with Gasteiger partial charge in [-0.15, -0.1) is 0 Å². The van der Waals surface area contributed by atoms with Gasteiger partial charge in [0.05, 0.1) is 31.5 Å². The summed E-state index contributed by atoms with van der Waals surface area (Å²) in [6.45, 7) is 5.71. The van der Waals surface area contributed by atoms with Crippen LogP contribution in [0.1, 0.15) is 24.2 Å². The Hall–Kier alpha value is -1.75. The highest BCUT2D eigenvalue weighted by Crippen LogP contribution is 2.26. The Balaban J connectivity index is 2.26. The topological polar surface area (TPSA) is 64.8 Å². The third kappa shape index (κ3) is 2.66. The number of nitrogens with zero attached hydrogens (tertiary/aromatic N) is 1. The van der Waals surface area contributed by atoms with Gasteiger partial charge >= 0.3 is 0 Å². The van der Waals surface area contributed by atoms with Crippen LogP contribution in [0.3, 0.4) is 0 Å². The van der Waals surface area contributed by atoms with Crippen molar-refractivity contribution in [3.63, 3.8) is 0 Å². The molecule has 5 nitrogen and oxygen atoms in total. The molecule has 1 heterocycles. The Kier molecular flexibility index (Phi) is 3.66. The van der Waals surface area contributed by atoms with Crippen LogP contribution >= 0.6 is 0 Å². The zero-order valence-corrected chi connectivity index (χ0v) is 11.6. The maximum absolute atomic E-state index is 12.5. The Bertz CT molecular complexity index is 486. The number of methoxy groups -OCH3 is 1. The van der Waals surface area contributed by atoms with Gasteiger partial charge in [0, 0.05) is 12.1 Å². The van der Waals surface area contributed by atoms with E-state index in [9.17, 15) is 4.79 Å². The summed E-state index contributed by atoms with van der Waals surface area (Å²) < 4.78 is 10.5. The Morgan fingerprint density at radius 2 is 2.21 bits per heavy atom. The Morgan fingerprint density at radius 3 is 2.79 bits per heavy atom. The average Bonchev–Trinajstić information content (AvgIpc) is 2.37.